The molecule has 0 saturated heterocycles. The van der Waals surface area contributed by atoms with E-state index in [4.69, 9.17) is 15.5 Å². The first-order valence-electron chi connectivity index (χ1n) is 12.3. The minimum atomic E-state index is 0.331. The molecule has 198 valence electrons. The molecule has 1 aromatic carbocycles. The summed E-state index contributed by atoms with van der Waals surface area (Å²) in [7, 11) is 6.03. The van der Waals surface area contributed by atoms with Crippen molar-refractivity contribution in [2.75, 3.05) is 20.7 Å². The number of hydrogen-bond donors (Lipinski definition) is 2. The van der Waals surface area contributed by atoms with Crippen LogP contribution in [0.2, 0.25) is 0 Å². The number of rotatable bonds is 7. The summed E-state index contributed by atoms with van der Waals surface area (Å²) in [5, 5.41) is 24.9. The van der Waals surface area contributed by atoms with Gasteiger partial charge in [0.2, 0.25) is 0 Å². The van der Waals surface area contributed by atoms with Crippen LogP contribution in [0.15, 0.2) is 47.0 Å². The largest absolute Gasteiger partial charge is 0.396 e. The van der Waals surface area contributed by atoms with Crippen LogP contribution in [-0.2, 0) is 7.05 Å². The standard InChI is InChI=1S/C21H24N4S.C5H12O.C4H10/c1-6-18(24(3)4)12-16-7-8-17(11-15(16)2)21-10-9-19(25(21)5)13-20(14-22)26-23;1-5(2)3-4-6;1-4(2)3/h6-13H,2,23H2,1,3-5H3;5-6H,3-4H2,1-2H3;4H,1-3H3/b16-12-,18-6+,20-13+;;. The van der Waals surface area contributed by atoms with Gasteiger partial charge in [0.05, 0.1) is 0 Å². The van der Waals surface area contributed by atoms with Crippen LogP contribution in [0.5, 0.6) is 0 Å². The zero-order valence-corrected chi connectivity index (χ0v) is 24.5. The Morgan fingerprint density at radius 1 is 1.19 bits per heavy atom. The molecular weight excluding hydrogens is 464 g/mol. The molecule has 36 heavy (non-hydrogen) atoms. The summed E-state index contributed by atoms with van der Waals surface area (Å²) in [5.41, 5.74) is 4.21. The van der Waals surface area contributed by atoms with Gasteiger partial charge in [0.1, 0.15) is 11.0 Å². The number of allylic oxidation sites excluding steroid dienone is 3. The lowest BCUT2D eigenvalue weighted by molar-refractivity contribution is 0.268. The van der Waals surface area contributed by atoms with Crippen molar-refractivity contribution in [3.63, 3.8) is 0 Å². The fourth-order valence-electron chi connectivity index (χ4n) is 2.98. The van der Waals surface area contributed by atoms with Gasteiger partial charge in [0.25, 0.3) is 0 Å². The smallest absolute Gasteiger partial charge is 0.108 e. The molecule has 0 aliphatic heterocycles. The second-order valence-corrected chi connectivity index (χ2v) is 10.4. The quantitative estimate of drug-likeness (QED) is 0.379. The van der Waals surface area contributed by atoms with E-state index in [1.165, 1.54) is 0 Å². The van der Waals surface area contributed by atoms with E-state index in [1.807, 2.05) is 44.8 Å². The molecule has 0 unspecified atom stereocenters. The molecule has 1 heterocycles. The highest BCUT2D eigenvalue weighted by Gasteiger charge is 2.07. The molecule has 2 aromatic rings. The number of benzene rings is 1. The summed E-state index contributed by atoms with van der Waals surface area (Å²) in [6.07, 6.45) is 6.92. The first-order valence-corrected chi connectivity index (χ1v) is 13.2. The molecule has 2 rings (SSSR count). The van der Waals surface area contributed by atoms with Crippen LogP contribution in [0, 0.1) is 23.2 Å². The van der Waals surface area contributed by atoms with Crippen molar-refractivity contribution in [3.05, 3.63) is 63.1 Å². The highest BCUT2D eigenvalue weighted by atomic mass is 32.2. The Kier molecular flexibility index (Phi) is 16.3. The number of nitrogens with zero attached hydrogens (tertiary/aromatic N) is 3. The third kappa shape index (κ3) is 12.3. The molecule has 0 atom stereocenters. The average molecular weight is 511 g/mol. The first-order chi connectivity index (χ1) is 16.9. The van der Waals surface area contributed by atoms with Crippen molar-refractivity contribution in [2.45, 2.75) is 48.0 Å². The monoisotopic (exact) mass is 510 g/mol. The van der Waals surface area contributed by atoms with E-state index in [0.29, 0.717) is 17.4 Å². The van der Waals surface area contributed by atoms with E-state index in [2.05, 4.69) is 82.5 Å². The molecule has 0 aliphatic rings. The number of hydrogen-bond acceptors (Lipinski definition) is 5. The summed E-state index contributed by atoms with van der Waals surface area (Å²) in [5.74, 6) is 1.48. The van der Waals surface area contributed by atoms with Gasteiger partial charge in [-0.3, -0.25) is 5.14 Å². The lowest BCUT2D eigenvalue weighted by Gasteiger charge is -2.13. The normalized spacial score (nSPS) is 12.1. The Balaban J connectivity index is 0.00000104. The summed E-state index contributed by atoms with van der Waals surface area (Å²) in [4.78, 5) is 2.55. The number of aliphatic hydroxyl groups is 1. The molecule has 0 saturated carbocycles. The Morgan fingerprint density at radius 3 is 2.19 bits per heavy atom. The molecule has 5 nitrogen and oxygen atoms in total. The van der Waals surface area contributed by atoms with Crippen LogP contribution in [0.3, 0.4) is 0 Å². The molecular formula is C30H46N4OS. The van der Waals surface area contributed by atoms with Crippen LogP contribution in [-0.4, -0.2) is 35.3 Å². The minimum absolute atomic E-state index is 0.331. The second kappa shape index (κ2) is 17.7. The third-order valence-electron chi connectivity index (χ3n) is 4.94. The van der Waals surface area contributed by atoms with Gasteiger partial charge in [0.15, 0.2) is 0 Å². The van der Waals surface area contributed by atoms with Crippen molar-refractivity contribution in [1.29, 1.82) is 5.26 Å². The Morgan fingerprint density at radius 2 is 1.81 bits per heavy atom. The summed E-state index contributed by atoms with van der Waals surface area (Å²) < 4.78 is 2.04. The predicted molar refractivity (Wildman–Crippen MR) is 160 cm³/mol. The first kappa shape index (κ1) is 33.3. The van der Waals surface area contributed by atoms with Gasteiger partial charge in [-0.15, -0.1) is 0 Å². The van der Waals surface area contributed by atoms with E-state index >= 15 is 0 Å². The fourth-order valence-corrected chi connectivity index (χ4v) is 3.22. The Bertz CT molecular complexity index is 1130. The number of nitrogens with two attached hydrogens (primary N) is 1. The van der Waals surface area contributed by atoms with E-state index in [1.54, 1.807) is 6.08 Å². The van der Waals surface area contributed by atoms with Gasteiger partial charge in [-0.05, 0) is 83.5 Å². The zero-order chi connectivity index (χ0) is 27.8. The predicted octanol–water partition coefficient (Wildman–Crippen LogP) is 5.51. The molecule has 0 fully saturated rings. The maximum absolute atomic E-state index is 9.05. The van der Waals surface area contributed by atoms with E-state index in [-0.39, 0.29) is 0 Å². The molecule has 3 N–H and O–H groups in total. The second-order valence-electron chi connectivity index (χ2n) is 9.74. The van der Waals surface area contributed by atoms with Crippen molar-refractivity contribution >= 4 is 30.7 Å². The number of aliphatic hydroxyl groups excluding tert-OH is 1. The van der Waals surface area contributed by atoms with Crippen LogP contribution < -0.4 is 15.6 Å². The van der Waals surface area contributed by atoms with Crippen LogP contribution in [0.1, 0.15) is 53.7 Å². The molecule has 0 radical (unpaired) electrons. The van der Waals surface area contributed by atoms with Crippen molar-refractivity contribution in [1.82, 2.24) is 9.47 Å². The van der Waals surface area contributed by atoms with Gasteiger partial charge in [0, 0.05) is 44.8 Å². The highest BCUT2D eigenvalue weighted by molar-refractivity contribution is 8.01. The van der Waals surface area contributed by atoms with Gasteiger partial charge in [-0.1, -0.05) is 59.4 Å². The maximum atomic E-state index is 9.05. The summed E-state index contributed by atoms with van der Waals surface area (Å²) >= 11 is 0.956. The Hall–Kier alpha value is -2.72. The lowest BCUT2D eigenvalue weighted by Crippen LogP contribution is -2.24. The van der Waals surface area contributed by atoms with Crippen LogP contribution >= 0.6 is 11.9 Å². The SMILES string of the molecule is C=c1cc(-c2ccc(/C=C(\C#N)SN)n2C)cc/c1=C/C(=C\C)N(C)C.CC(C)C.CC(C)CCO. The molecule has 0 aliphatic carbocycles. The lowest BCUT2D eigenvalue weighted by atomic mass is 10.1. The van der Waals surface area contributed by atoms with Crippen LogP contribution in [0.25, 0.3) is 30.0 Å². The number of aromatic nitrogens is 1. The van der Waals surface area contributed by atoms with Gasteiger partial charge in [-0.25, -0.2) is 0 Å². The van der Waals surface area contributed by atoms with Crippen LogP contribution in [0.4, 0.5) is 0 Å². The molecule has 6 heteroatoms. The van der Waals surface area contributed by atoms with Gasteiger partial charge >= 0.3 is 0 Å². The number of nitriles is 1. The highest BCUT2D eigenvalue weighted by Crippen LogP contribution is 2.22. The van der Waals surface area contributed by atoms with Crippen molar-refractivity contribution < 1.29 is 5.11 Å². The van der Waals surface area contributed by atoms with Gasteiger partial charge in [-0.2, -0.15) is 5.26 Å². The zero-order valence-electron chi connectivity index (χ0n) is 23.7. The maximum Gasteiger partial charge on any atom is 0.108 e. The van der Waals surface area contributed by atoms with Crippen molar-refractivity contribution in [3.8, 4) is 17.3 Å². The van der Waals surface area contributed by atoms with Crippen molar-refractivity contribution in [2.24, 2.45) is 24.0 Å². The minimum Gasteiger partial charge on any atom is -0.396 e. The molecule has 0 spiro atoms. The van der Waals surface area contributed by atoms with E-state index in [9.17, 15) is 0 Å². The third-order valence-corrected chi connectivity index (χ3v) is 5.40. The van der Waals surface area contributed by atoms with E-state index in [0.717, 1.165) is 57.4 Å². The molecule has 1 aromatic heterocycles. The molecule has 0 bridgehead atoms. The topological polar surface area (TPSA) is 78.2 Å². The van der Waals surface area contributed by atoms with E-state index < -0.39 is 0 Å². The average Bonchev–Trinajstić information content (AvgIpc) is 3.16. The summed E-state index contributed by atoms with van der Waals surface area (Å²) in [6.45, 7) is 17.2. The molecule has 0 amide bonds. The fraction of sp³-hybridized carbons (Fsp3) is 0.433. The summed E-state index contributed by atoms with van der Waals surface area (Å²) in [6, 6.07) is 12.4. The Labute approximate surface area is 223 Å². The van der Waals surface area contributed by atoms with Gasteiger partial charge < -0.3 is 14.6 Å².